The molecule has 1 atom stereocenters. The summed E-state index contributed by atoms with van der Waals surface area (Å²) >= 11 is 0. The molecule has 0 aliphatic heterocycles. The van der Waals surface area contributed by atoms with Crippen molar-refractivity contribution in [1.82, 2.24) is 9.97 Å². The van der Waals surface area contributed by atoms with Crippen molar-refractivity contribution >= 4 is 11.9 Å². The minimum atomic E-state index is -0.140. The molecule has 1 aromatic rings. The fraction of sp³-hybridized carbons (Fsp3) is 0.462. The van der Waals surface area contributed by atoms with E-state index in [0.717, 1.165) is 24.2 Å². The van der Waals surface area contributed by atoms with Crippen LogP contribution in [-0.4, -0.2) is 15.9 Å². The van der Waals surface area contributed by atoms with Crippen LogP contribution >= 0.6 is 0 Å². The van der Waals surface area contributed by atoms with Crippen LogP contribution < -0.4 is 5.32 Å². The Morgan fingerprint density at radius 2 is 2.06 bits per heavy atom. The number of hydrogen-bond donors (Lipinski definition) is 1. The summed E-state index contributed by atoms with van der Waals surface area (Å²) in [4.78, 5) is 19.7. The molecule has 0 aromatic carbocycles. The molecule has 1 aromatic heterocycles. The average molecular weight is 231 g/mol. The summed E-state index contributed by atoms with van der Waals surface area (Å²) in [6, 6.07) is 0. The first-order valence-electron chi connectivity index (χ1n) is 5.76. The van der Waals surface area contributed by atoms with Crippen LogP contribution in [0.25, 0.3) is 0 Å². The van der Waals surface area contributed by atoms with E-state index in [1.54, 1.807) is 0 Å². The maximum atomic E-state index is 11.0. The molecule has 0 bridgehead atoms. The lowest BCUT2D eigenvalue weighted by Gasteiger charge is -2.06. The quantitative estimate of drug-likeness (QED) is 0.792. The molecule has 0 radical (unpaired) electrons. The second kappa shape index (κ2) is 4.28. The summed E-state index contributed by atoms with van der Waals surface area (Å²) in [5.74, 6) is 0.737. The summed E-state index contributed by atoms with van der Waals surface area (Å²) in [5, 5.41) is 2.64. The molecule has 1 amide bonds. The zero-order chi connectivity index (χ0) is 12.6. The van der Waals surface area contributed by atoms with Crippen LogP contribution in [0.2, 0.25) is 0 Å². The Hall–Kier alpha value is -1.71. The molecule has 0 spiro atoms. The van der Waals surface area contributed by atoms with Gasteiger partial charge in [-0.2, -0.15) is 0 Å². The minimum absolute atomic E-state index is 0.140. The number of carbonyl (C=O) groups is 1. The molecule has 1 heterocycles. The minimum Gasteiger partial charge on any atom is -0.295 e. The Bertz CT molecular complexity index is 494. The number of rotatable bonds is 2. The first kappa shape index (κ1) is 11.8. The lowest BCUT2D eigenvalue weighted by molar-refractivity contribution is -0.114. The van der Waals surface area contributed by atoms with Gasteiger partial charge < -0.3 is 0 Å². The number of carbonyl (C=O) groups excluding carboxylic acids is 1. The highest BCUT2D eigenvalue weighted by Gasteiger charge is 2.26. The van der Waals surface area contributed by atoms with Crippen molar-refractivity contribution < 1.29 is 4.79 Å². The van der Waals surface area contributed by atoms with Gasteiger partial charge >= 0.3 is 0 Å². The number of amides is 1. The maximum absolute atomic E-state index is 11.0. The molecule has 0 saturated carbocycles. The first-order chi connectivity index (χ1) is 7.97. The molecule has 90 valence electrons. The van der Waals surface area contributed by atoms with Crippen LogP contribution in [0.4, 0.5) is 5.95 Å². The zero-order valence-corrected chi connectivity index (χ0v) is 10.5. The maximum Gasteiger partial charge on any atom is 0.229 e. The topological polar surface area (TPSA) is 54.9 Å². The van der Waals surface area contributed by atoms with E-state index in [9.17, 15) is 4.79 Å². The van der Waals surface area contributed by atoms with Gasteiger partial charge in [0, 0.05) is 12.6 Å². The van der Waals surface area contributed by atoms with E-state index in [1.807, 2.05) is 13.8 Å². The van der Waals surface area contributed by atoms with E-state index in [4.69, 9.17) is 0 Å². The van der Waals surface area contributed by atoms with Crippen LogP contribution in [0.3, 0.4) is 0 Å². The van der Waals surface area contributed by atoms with Gasteiger partial charge in [0.05, 0.1) is 5.69 Å². The first-order valence-corrected chi connectivity index (χ1v) is 5.76. The molecule has 2 rings (SSSR count). The molecule has 1 unspecified atom stereocenters. The lowest BCUT2D eigenvalue weighted by Crippen LogP contribution is -2.11. The van der Waals surface area contributed by atoms with Crippen molar-refractivity contribution in [2.45, 2.75) is 33.6 Å². The Balaban J connectivity index is 2.32. The van der Waals surface area contributed by atoms with E-state index in [1.165, 1.54) is 18.1 Å². The van der Waals surface area contributed by atoms with E-state index < -0.39 is 0 Å². The SMILES string of the molecule is C=C(C)C1Cc2nc(NC(C)=O)nc(C)c2C1. The molecule has 1 aliphatic carbocycles. The standard InChI is InChI=1S/C13H17N3O/c1-7(2)10-5-11-8(3)14-13(15-9(4)17)16-12(11)6-10/h10H,1,5-6H2,2-4H3,(H,14,15,16,17). The zero-order valence-electron chi connectivity index (χ0n) is 10.5. The summed E-state index contributed by atoms with van der Waals surface area (Å²) in [7, 11) is 0. The van der Waals surface area contributed by atoms with Crippen LogP contribution in [-0.2, 0) is 17.6 Å². The second-order valence-corrected chi connectivity index (χ2v) is 4.69. The van der Waals surface area contributed by atoms with Crippen LogP contribution in [0, 0.1) is 12.8 Å². The van der Waals surface area contributed by atoms with Gasteiger partial charge in [-0.05, 0) is 38.2 Å². The molecule has 0 saturated heterocycles. The van der Waals surface area contributed by atoms with Crippen LogP contribution in [0.1, 0.15) is 30.8 Å². The second-order valence-electron chi connectivity index (χ2n) is 4.69. The highest BCUT2D eigenvalue weighted by Crippen LogP contribution is 2.31. The Morgan fingerprint density at radius 1 is 1.35 bits per heavy atom. The lowest BCUT2D eigenvalue weighted by atomic mass is 9.99. The number of anilines is 1. The average Bonchev–Trinajstić information content (AvgIpc) is 2.60. The fourth-order valence-electron chi connectivity index (χ4n) is 2.20. The third kappa shape index (κ3) is 2.35. The van der Waals surface area contributed by atoms with E-state index in [-0.39, 0.29) is 5.91 Å². The largest absolute Gasteiger partial charge is 0.295 e. The summed E-state index contributed by atoms with van der Waals surface area (Å²) in [5.41, 5.74) is 4.41. The van der Waals surface area contributed by atoms with E-state index in [0.29, 0.717) is 11.9 Å². The third-order valence-electron chi connectivity index (χ3n) is 3.17. The normalized spacial score (nSPS) is 17.7. The third-order valence-corrected chi connectivity index (χ3v) is 3.17. The van der Waals surface area contributed by atoms with Crippen molar-refractivity contribution in [1.29, 1.82) is 0 Å². The van der Waals surface area contributed by atoms with Crippen molar-refractivity contribution in [3.63, 3.8) is 0 Å². The number of allylic oxidation sites excluding steroid dienone is 1. The van der Waals surface area contributed by atoms with Crippen molar-refractivity contribution in [3.8, 4) is 0 Å². The molecule has 4 nitrogen and oxygen atoms in total. The van der Waals surface area contributed by atoms with E-state index >= 15 is 0 Å². The van der Waals surface area contributed by atoms with Crippen molar-refractivity contribution in [2.75, 3.05) is 5.32 Å². The summed E-state index contributed by atoms with van der Waals surface area (Å²) in [6.45, 7) is 9.48. The van der Waals surface area contributed by atoms with Gasteiger partial charge in [0.2, 0.25) is 11.9 Å². The van der Waals surface area contributed by atoms with Crippen molar-refractivity contribution in [2.24, 2.45) is 5.92 Å². The Kier molecular flexibility index (Phi) is 2.96. The molecular weight excluding hydrogens is 214 g/mol. The summed E-state index contributed by atoms with van der Waals surface area (Å²) in [6.07, 6.45) is 1.87. The van der Waals surface area contributed by atoms with Crippen molar-refractivity contribution in [3.05, 3.63) is 29.1 Å². The van der Waals surface area contributed by atoms with Crippen LogP contribution in [0.5, 0.6) is 0 Å². The van der Waals surface area contributed by atoms with Gasteiger partial charge in [0.15, 0.2) is 0 Å². The van der Waals surface area contributed by atoms with Gasteiger partial charge in [-0.15, -0.1) is 0 Å². The van der Waals surface area contributed by atoms with E-state index in [2.05, 4.69) is 21.9 Å². The predicted molar refractivity (Wildman–Crippen MR) is 66.8 cm³/mol. The molecule has 1 N–H and O–H groups in total. The molecule has 17 heavy (non-hydrogen) atoms. The molecule has 0 fully saturated rings. The van der Waals surface area contributed by atoms with Gasteiger partial charge in [0.1, 0.15) is 0 Å². The Morgan fingerprint density at radius 3 is 2.65 bits per heavy atom. The summed E-state index contributed by atoms with van der Waals surface area (Å²) < 4.78 is 0. The van der Waals surface area contributed by atoms with Gasteiger partial charge in [-0.1, -0.05) is 12.2 Å². The fourth-order valence-corrected chi connectivity index (χ4v) is 2.20. The number of fused-ring (bicyclic) bond motifs is 1. The molecular formula is C13H17N3O. The number of hydrogen-bond acceptors (Lipinski definition) is 3. The predicted octanol–water partition coefficient (Wildman–Crippen LogP) is 2.03. The number of nitrogens with zero attached hydrogens (tertiary/aromatic N) is 2. The Labute approximate surface area is 101 Å². The molecule has 1 aliphatic rings. The van der Waals surface area contributed by atoms with Gasteiger partial charge in [-0.25, -0.2) is 9.97 Å². The number of aryl methyl sites for hydroxylation is 1. The van der Waals surface area contributed by atoms with Crippen LogP contribution in [0.15, 0.2) is 12.2 Å². The highest BCUT2D eigenvalue weighted by molar-refractivity contribution is 5.86. The number of nitrogens with one attached hydrogen (secondary N) is 1. The monoisotopic (exact) mass is 231 g/mol. The number of aromatic nitrogens is 2. The highest BCUT2D eigenvalue weighted by atomic mass is 16.1. The molecule has 4 heteroatoms. The van der Waals surface area contributed by atoms with Gasteiger partial charge in [-0.3, -0.25) is 10.1 Å². The van der Waals surface area contributed by atoms with Gasteiger partial charge in [0.25, 0.3) is 0 Å². The smallest absolute Gasteiger partial charge is 0.229 e.